The number of carbonyl (C=O) groups is 1. The molecule has 2 N–H and O–H groups in total. The van der Waals surface area contributed by atoms with Gasteiger partial charge in [-0.25, -0.2) is 4.79 Å². The summed E-state index contributed by atoms with van der Waals surface area (Å²) in [6.07, 6.45) is 0.771. The molecule has 136 valence electrons. The fourth-order valence-electron chi connectivity index (χ4n) is 3.13. The first-order valence-electron chi connectivity index (χ1n) is 8.49. The lowest BCUT2D eigenvalue weighted by Crippen LogP contribution is -2.39. The monoisotopic (exact) mass is 366 g/mol. The van der Waals surface area contributed by atoms with E-state index in [2.05, 4.69) is 5.32 Å². The third-order valence-electron chi connectivity index (χ3n) is 4.55. The molecule has 1 atom stereocenters. The minimum absolute atomic E-state index is 0.0115. The van der Waals surface area contributed by atoms with Crippen LogP contribution in [0.3, 0.4) is 0 Å². The van der Waals surface area contributed by atoms with Gasteiger partial charge in [-0.2, -0.15) is 0 Å². The number of amides is 2. The zero-order chi connectivity index (χ0) is 18.0. The number of furan rings is 1. The zero-order valence-corrected chi connectivity index (χ0v) is 15.2. The van der Waals surface area contributed by atoms with E-state index >= 15 is 0 Å². The largest absolute Gasteiger partial charge is 0.459 e. The number of benzene rings is 1. The van der Waals surface area contributed by atoms with E-state index in [1.807, 2.05) is 19.9 Å². The van der Waals surface area contributed by atoms with Crippen molar-refractivity contribution >= 4 is 34.3 Å². The van der Waals surface area contributed by atoms with Crippen LogP contribution in [-0.2, 0) is 11.2 Å². The Kier molecular flexibility index (Phi) is 5.51. The Morgan fingerprint density at radius 2 is 2.28 bits per heavy atom. The van der Waals surface area contributed by atoms with Crippen molar-refractivity contribution in [2.24, 2.45) is 5.92 Å². The maximum atomic E-state index is 12.7. The number of hydrogen-bond acceptors (Lipinski definition) is 4. The summed E-state index contributed by atoms with van der Waals surface area (Å²) in [5, 5.41) is 13.7. The number of urea groups is 1. The molecule has 0 unspecified atom stereocenters. The average molecular weight is 367 g/mol. The van der Waals surface area contributed by atoms with Gasteiger partial charge in [-0.15, -0.1) is 0 Å². The van der Waals surface area contributed by atoms with Crippen LogP contribution in [0.1, 0.15) is 18.2 Å². The summed E-state index contributed by atoms with van der Waals surface area (Å²) in [6, 6.07) is 3.30. The second kappa shape index (κ2) is 7.64. The van der Waals surface area contributed by atoms with Crippen LogP contribution in [0.15, 0.2) is 16.5 Å². The summed E-state index contributed by atoms with van der Waals surface area (Å²) in [5.41, 5.74) is 2.23. The maximum absolute atomic E-state index is 12.7. The molecule has 7 heteroatoms. The molecule has 0 radical (unpaired) electrons. The summed E-state index contributed by atoms with van der Waals surface area (Å²) < 4.78 is 11.4. The number of ether oxygens (including phenoxy) is 1. The van der Waals surface area contributed by atoms with Gasteiger partial charge in [-0.05, 0) is 24.6 Å². The molecule has 1 aromatic carbocycles. The van der Waals surface area contributed by atoms with Gasteiger partial charge in [0.25, 0.3) is 0 Å². The van der Waals surface area contributed by atoms with Crippen LogP contribution in [0.4, 0.5) is 10.5 Å². The molecule has 25 heavy (non-hydrogen) atoms. The van der Waals surface area contributed by atoms with Crippen molar-refractivity contribution in [2.75, 3.05) is 38.2 Å². The zero-order valence-electron chi connectivity index (χ0n) is 14.5. The van der Waals surface area contributed by atoms with Gasteiger partial charge in [0.15, 0.2) is 5.58 Å². The average Bonchev–Trinajstić information content (AvgIpc) is 2.78. The molecule has 1 aliphatic rings. The first-order chi connectivity index (χ1) is 12.0. The van der Waals surface area contributed by atoms with Crippen LogP contribution < -0.4 is 5.32 Å². The molecule has 1 saturated heterocycles. The van der Waals surface area contributed by atoms with Crippen LogP contribution >= 0.6 is 11.6 Å². The number of hydrogen-bond donors (Lipinski definition) is 2. The predicted molar refractivity (Wildman–Crippen MR) is 97.3 cm³/mol. The van der Waals surface area contributed by atoms with Gasteiger partial charge in [0.2, 0.25) is 0 Å². The molecule has 3 rings (SSSR count). The number of rotatable bonds is 3. The Morgan fingerprint density at radius 3 is 3.00 bits per heavy atom. The second-order valence-corrected chi connectivity index (χ2v) is 6.77. The molecule has 2 heterocycles. The summed E-state index contributed by atoms with van der Waals surface area (Å²) in [4.78, 5) is 14.3. The highest BCUT2D eigenvalue weighted by atomic mass is 35.5. The first-order valence-corrected chi connectivity index (χ1v) is 8.87. The minimum Gasteiger partial charge on any atom is -0.459 e. The van der Waals surface area contributed by atoms with Gasteiger partial charge in [0.1, 0.15) is 5.76 Å². The van der Waals surface area contributed by atoms with Crippen molar-refractivity contribution in [1.29, 1.82) is 0 Å². The number of carbonyl (C=O) groups excluding carboxylic acids is 1. The molecule has 2 aromatic rings. The van der Waals surface area contributed by atoms with Gasteiger partial charge in [0.05, 0.1) is 18.9 Å². The molecule has 0 bridgehead atoms. The van der Waals surface area contributed by atoms with Crippen molar-refractivity contribution in [3.8, 4) is 0 Å². The normalized spacial score (nSPS) is 18.4. The summed E-state index contributed by atoms with van der Waals surface area (Å²) in [7, 11) is 0. The van der Waals surface area contributed by atoms with Crippen molar-refractivity contribution in [1.82, 2.24) is 4.90 Å². The highest BCUT2D eigenvalue weighted by Gasteiger charge is 2.23. The standard InChI is InChI=1S/C18H23ClN2O4/c1-3-16-11(2)14-6-13(19)7-15(17(14)25-16)20-18(23)21-4-5-24-10-12(8-21)9-22/h6-7,12,22H,3-5,8-10H2,1-2H3,(H,20,23)/t12-/m1/s1. The number of anilines is 1. The van der Waals surface area contributed by atoms with E-state index in [0.717, 1.165) is 23.1 Å². The molecular weight excluding hydrogens is 344 g/mol. The van der Waals surface area contributed by atoms with Gasteiger partial charge in [-0.1, -0.05) is 18.5 Å². The number of aliphatic hydroxyl groups is 1. The number of aryl methyl sites for hydroxylation is 2. The molecule has 6 nitrogen and oxygen atoms in total. The molecule has 1 fully saturated rings. The Hall–Kier alpha value is -1.76. The molecule has 1 aliphatic heterocycles. The molecular formula is C18H23ClN2O4. The second-order valence-electron chi connectivity index (χ2n) is 6.33. The quantitative estimate of drug-likeness (QED) is 0.872. The van der Waals surface area contributed by atoms with Gasteiger partial charge in [0, 0.05) is 42.4 Å². The van der Waals surface area contributed by atoms with Crippen LogP contribution in [0.5, 0.6) is 0 Å². The summed E-state index contributed by atoms with van der Waals surface area (Å²) in [5.74, 6) is 0.807. The number of aliphatic hydroxyl groups excluding tert-OH is 1. The van der Waals surface area contributed by atoms with E-state index in [9.17, 15) is 9.90 Å². The van der Waals surface area contributed by atoms with E-state index in [1.165, 1.54) is 0 Å². The fourth-order valence-corrected chi connectivity index (χ4v) is 3.35. The number of nitrogens with one attached hydrogen (secondary N) is 1. The third-order valence-corrected chi connectivity index (χ3v) is 4.77. The first kappa shape index (κ1) is 18.0. The van der Waals surface area contributed by atoms with E-state index in [1.54, 1.807) is 11.0 Å². The predicted octanol–water partition coefficient (Wildman–Crippen LogP) is 3.43. The van der Waals surface area contributed by atoms with Crippen molar-refractivity contribution in [3.05, 3.63) is 28.5 Å². The maximum Gasteiger partial charge on any atom is 0.322 e. The van der Waals surface area contributed by atoms with Crippen molar-refractivity contribution in [2.45, 2.75) is 20.3 Å². The minimum atomic E-state index is -0.250. The van der Waals surface area contributed by atoms with Crippen LogP contribution in [-0.4, -0.2) is 48.9 Å². The van der Waals surface area contributed by atoms with Crippen LogP contribution in [0.2, 0.25) is 5.02 Å². The van der Waals surface area contributed by atoms with E-state index in [4.69, 9.17) is 20.8 Å². The number of fused-ring (bicyclic) bond motifs is 1. The summed E-state index contributed by atoms with van der Waals surface area (Å²) in [6.45, 7) is 5.84. The number of halogens is 1. The Bertz CT molecular complexity index is 774. The fraction of sp³-hybridized carbons (Fsp3) is 0.500. The van der Waals surface area contributed by atoms with Crippen molar-refractivity contribution < 1.29 is 19.1 Å². The molecule has 0 spiro atoms. The Labute approximate surface area is 151 Å². The summed E-state index contributed by atoms with van der Waals surface area (Å²) >= 11 is 6.23. The van der Waals surface area contributed by atoms with Gasteiger partial charge in [-0.3, -0.25) is 0 Å². The highest BCUT2D eigenvalue weighted by Crippen LogP contribution is 2.34. The molecule has 0 aliphatic carbocycles. The van der Waals surface area contributed by atoms with E-state index in [0.29, 0.717) is 42.6 Å². The third kappa shape index (κ3) is 3.76. The van der Waals surface area contributed by atoms with Crippen LogP contribution in [0, 0.1) is 12.8 Å². The van der Waals surface area contributed by atoms with Gasteiger partial charge < -0.3 is 24.5 Å². The van der Waals surface area contributed by atoms with Crippen LogP contribution in [0.25, 0.3) is 11.0 Å². The number of nitrogens with zero attached hydrogens (tertiary/aromatic N) is 1. The SMILES string of the molecule is CCc1oc2c(NC(=O)N3CCOC[C@@H](CO)C3)cc(Cl)cc2c1C. The molecule has 2 amide bonds. The lowest BCUT2D eigenvalue weighted by molar-refractivity contribution is 0.0958. The lowest BCUT2D eigenvalue weighted by Gasteiger charge is -2.23. The molecule has 1 aromatic heterocycles. The highest BCUT2D eigenvalue weighted by molar-refractivity contribution is 6.32. The van der Waals surface area contributed by atoms with Crippen molar-refractivity contribution in [3.63, 3.8) is 0 Å². The van der Waals surface area contributed by atoms with E-state index < -0.39 is 0 Å². The smallest absolute Gasteiger partial charge is 0.322 e. The molecule has 0 saturated carbocycles. The van der Waals surface area contributed by atoms with E-state index in [-0.39, 0.29) is 18.6 Å². The topological polar surface area (TPSA) is 74.9 Å². The van der Waals surface area contributed by atoms with Gasteiger partial charge >= 0.3 is 6.03 Å². The Morgan fingerprint density at radius 1 is 1.48 bits per heavy atom. The lowest BCUT2D eigenvalue weighted by atomic mass is 10.1. The Balaban J connectivity index is 1.87.